The van der Waals surface area contributed by atoms with Gasteiger partial charge >= 0.3 is 5.69 Å². The Kier molecular flexibility index (Phi) is 4.83. The fraction of sp³-hybridized carbons (Fsp3) is 0.400. The number of carbonyl (C=O) groups excluding carboxylic acids is 1. The highest BCUT2D eigenvalue weighted by atomic mass is 16.3. The number of nitrogens with one attached hydrogen (secondary N) is 1. The van der Waals surface area contributed by atoms with E-state index in [-0.39, 0.29) is 25.4 Å². The minimum absolute atomic E-state index is 0.0991. The number of imidazole rings is 1. The molecule has 2 aromatic heterocycles. The van der Waals surface area contributed by atoms with E-state index < -0.39 is 23.4 Å². The number of aromatic amines is 1. The zero-order valence-electron chi connectivity index (χ0n) is 16.3. The SMILES string of the molecule is Cc1cn([C@@H]2CN(C(=O)CCn3c(C)nc4ccccc43)C[C@H]2O)c(=O)[nH]c1=O. The summed E-state index contributed by atoms with van der Waals surface area (Å²) in [6.07, 6.45) is 0.822. The summed E-state index contributed by atoms with van der Waals surface area (Å²) in [6.45, 7) is 4.36. The fourth-order valence-electron chi connectivity index (χ4n) is 3.92. The summed E-state index contributed by atoms with van der Waals surface area (Å²) >= 11 is 0. The molecule has 1 aliphatic heterocycles. The zero-order valence-corrected chi connectivity index (χ0v) is 16.3. The fourth-order valence-corrected chi connectivity index (χ4v) is 3.92. The van der Waals surface area contributed by atoms with E-state index in [1.165, 1.54) is 10.8 Å². The van der Waals surface area contributed by atoms with Crippen molar-refractivity contribution in [2.45, 2.75) is 39.0 Å². The summed E-state index contributed by atoms with van der Waals surface area (Å²) in [4.78, 5) is 44.8. The van der Waals surface area contributed by atoms with E-state index in [9.17, 15) is 19.5 Å². The number of nitrogens with zero attached hydrogens (tertiary/aromatic N) is 4. The van der Waals surface area contributed by atoms with Crippen molar-refractivity contribution in [3.63, 3.8) is 0 Å². The number of rotatable bonds is 4. The molecule has 0 bridgehead atoms. The van der Waals surface area contributed by atoms with Crippen molar-refractivity contribution in [3.05, 3.63) is 62.7 Å². The van der Waals surface area contributed by atoms with Gasteiger partial charge in [-0.3, -0.25) is 19.1 Å². The second-order valence-corrected chi connectivity index (χ2v) is 7.46. The van der Waals surface area contributed by atoms with E-state index in [1.807, 2.05) is 35.8 Å². The highest BCUT2D eigenvalue weighted by Crippen LogP contribution is 2.22. The smallest absolute Gasteiger partial charge is 0.328 e. The van der Waals surface area contributed by atoms with Gasteiger partial charge in [-0.25, -0.2) is 9.78 Å². The average Bonchev–Trinajstić information content (AvgIpc) is 3.22. The van der Waals surface area contributed by atoms with Crippen LogP contribution >= 0.6 is 0 Å². The summed E-state index contributed by atoms with van der Waals surface area (Å²) in [5.41, 5.74) is 1.22. The molecular weight excluding hydrogens is 374 g/mol. The van der Waals surface area contributed by atoms with E-state index >= 15 is 0 Å². The molecular formula is C20H23N5O4. The molecule has 2 N–H and O–H groups in total. The Morgan fingerprint density at radius 3 is 2.79 bits per heavy atom. The predicted molar refractivity (Wildman–Crippen MR) is 107 cm³/mol. The third-order valence-corrected chi connectivity index (χ3v) is 5.51. The number of benzene rings is 1. The molecule has 1 aliphatic rings. The van der Waals surface area contributed by atoms with Gasteiger partial charge in [0.2, 0.25) is 5.91 Å². The van der Waals surface area contributed by atoms with Crippen molar-refractivity contribution in [3.8, 4) is 0 Å². The molecule has 0 saturated carbocycles. The van der Waals surface area contributed by atoms with Gasteiger partial charge in [0.25, 0.3) is 5.56 Å². The lowest BCUT2D eigenvalue weighted by atomic mass is 10.2. The van der Waals surface area contributed by atoms with E-state index in [0.29, 0.717) is 12.1 Å². The Labute approximate surface area is 166 Å². The molecule has 1 amide bonds. The molecule has 2 atom stereocenters. The number of para-hydroxylation sites is 2. The highest BCUT2D eigenvalue weighted by Gasteiger charge is 2.35. The minimum Gasteiger partial charge on any atom is -0.389 e. The molecule has 3 heterocycles. The van der Waals surface area contributed by atoms with Gasteiger partial charge in [0.1, 0.15) is 5.82 Å². The number of carbonyl (C=O) groups is 1. The van der Waals surface area contributed by atoms with Crippen molar-refractivity contribution < 1.29 is 9.90 Å². The van der Waals surface area contributed by atoms with E-state index in [0.717, 1.165) is 16.9 Å². The van der Waals surface area contributed by atoms with Crippen LogP contribution in [0.15, 0.2) is 40.1 Å². The Morgan fingerprint density at radius 1 is 1.24 bits per heavy atom. The number of fused-ring (bicyclic) bond motifs is 1. The summed E-state index contributed by atoms with van der Waals surface area (Å²) in [7, 11) is 0. The van der Waals surface area contributed by atoms with Gasteiger partial charge in [-0.15, -0.1) is 0 Å². The molecule has 4 rings (SSSR count). The maximum Gasteiger partial charge on any atom is 0.328 e. The van der Waals surface area contributed by atoms with E-state index in [1.54, 1.807) is 11.8 Å². The molecule has 29 heavy (non-hydrogen) atoms. The first kappa shape index (κ1) is 19.1. The Balaban J connectivity index is 1.48. The number of aliphatic hydroxyl groups excluding tert-OH is 1. The number of hydrogen-bond donors (Lipinski definition) is 2. The maximum absolute atomic E-state index is 12.8. The van der Waals surface area contributed by atoms with E-state index in [4.69, 9.17) is 0 Å². The summed E-state index contributed by atoms with van der Waals surface area (Å²) < 4.78 is 3.31. The molecule has 3 aromatic rings. The number of β-amino-alcohol motifs (C(OH)–C–C–N with tert-alkyl or cyclic N) is 1. The molecule has 152 valence electrons. The van der Waals surface area contributed by atoms with Gasteiger partial charge in [-0.1, -0.05) is 12.1 Å². The predicted octanol–water partition coefficient (Wildman–Crippen LogP) is 0.338. The summed E-state index contributed by atoms with van der Waals surface area (Å²) in [5.74, 6) is 0.742. The number of likely N-dealkylation sites (tertiary alicyclic amines) is 1. The minimum atomic E-state index is -0.877. The lowest BCUT2D eigenvalue weighted by Gasteiger charge is -2.18. The molecule has 9 nitrogen and oxygen atoms in total. The van der Waals surface area contributed by atoms with Crippen LogP contribution in [-0.4, -0.2) is 54.2 Å². The molecule has 1 saturated heterocycles. The number of aromatic nitrogens is 4. The largest absolute Gasteiger partial charge is 0.389 e. The van der Waals surface area contributed by atoms with Crippen LogP contribution in [0.2, 0.25) is 0 Å². The summed E-state index contributed by atoms with van der Waals surface area (Å²) in [6, 6.07) is 7.19. The highest BCUT2D eigenvalue weighted by molar-refractivity contribution is 5.78. The number of H-pyrrole nitrogens is 1. The van der Waals surface area contributed by atoms with Gasteiger partial charge in [-0.2, -0.15) is 0 Å². The van der Waals surface area contributed by atoms with Gasteiger partial charge in [0, 0.05) is 37.8 Å². The lowest BCUT2D eigenvalue weighted by molar-refractivity contribution is -0.130. The molecule has 0 spiro atoms. The van der Waals surface area contributed by atoms with Crippen molar-refractivity contribution >= 4 is 16.9 Å². The van der Waals surface area contributed by atoms with Gasteiger partial charge in [0.15, 0.2) is 0 Å². The van der Waals surface area contributed by atoms with Crippen LogP contribution in [0.5, 0.6) is 0 Å². The standard InChI is InChI=1S/C20H23N5O4/c1-12-9-25(20(29)22-19(12)28)16-10-23(11-17(16)26)18(27)7-8-24-13(2)21-14-5-3-4-6-15(14)24/h3-6,9,16-17,26H,7-8,10-11H2,1-2H3,(H,22,28,29)/t16-,17-/m1/s1. The van der Waals surface area contributed by atoms with Crippen LogP contribution in [0.25, 0.3) is 11.0 Å². The van der Waals surface area contributed by atoms with Gasteiger partial charge < -0.3 is 14.6 Å². The number of aliphatic hydroxyl groups is 1. The zero-order chi connectivity index (χ0) is 20.7. The van der Waals surface area contributed by atoms with Gasteiger partial charge in [-0.05, 0) is 26.0 Å². The van der Waals surface area contributed by atoms with Gasteiger partial charge in [0.05, 0.1) is 23.2 Å². The average molecular weight is 397 g/mol. The topological polar surface area (TPSA) is 113 Å². The quantitative estimate of drug-likeness (QED) is 0.659. The maximum atomic E-state index is 12.8. The molecule has 1 aromatic carbocycles. The van der Waals surface area contributed by atoms with Crippen molar-refractivity contribution in [2.24, 2.45) is 0 Å². The lowest BCUT2D eigenvalue weighted by Crippen LogP contribution is -2.37. The van der Waals surface area contributed by atoms with Crippen LogP contribution in [0.4, 0.5) is 0 Å². The third kappa shape index (κ3) is 3.49. The Hall–Kier alpha value is -3.20. The van der Waals surface area contributed by atoms with Crippen molar-refractivity contribution in [1.82, 2.24) is 24.0 Å². The third-order valence-electron chi connectivity index (χ3n) is 5.51. The molecule has 9 heteroatoms. The molecule has 1 fully saturated rings. The monoisotopic (exact) mass is 397 g/mol. The number of hydrogen-bond acceptors (Lipinski definition) is 5. The summed E-state index contributed by atoms with van der Waals surface area (Å²) in [5, 5.41) is 10.4. The Morgan fingerprint density at radius 2 is 2.00 bits per heavy atom. The van der Waals surface area contributed by atoms with Crippen molar-refractivity contribution in [2.75, 3.05) is 13.1 Å². The second kappa shape index (κ2) is 7.32. The van der Waals surface area contributed by atoms with Crippen molar-refractivity contribution in [1.29, 1.82) is 0 Å². The van der Waals surface area contributed by atoms with E-state index in [2.05, 4.69) is 9.97 Å². The van der Waals surface area contributed by atoms with Crippen LogP contribution in [-0.2, 0) is 11.3 Å². The number of aryl methyl sites for hydroxylation is 3. The Bertz CT molecular complexity index is 1190. The van der Waals surface area contributed by atoms with Crippen LogP contribution in [0, 0.1) is 13.8 Å². The molecule has 0 aliphatic carbocycles. The van der Waals surface area contributed by atoms with Crippen LogP contribution in [0.3, 0.4) is 0 Å². The molecule has 0 radical (unpaired) electrons. The number of amides is 1. The van der Waals surface area contributed by atoms with Crippen LogP contribution in [0.1, 0.15) is 23.9 Å². The second-order valence-electron chi connectivity index (χ2n) is 7.46. The molecule has 0 unspecified atom stereocenters. The first-order valence-corrected chi connectivity index (χ1v) is 9.55. The van der Waals surface area contributed by atoms with Crippen LogP contribution < -0.4 is 11.2 Å². The first-order chi connectivity index (χ1) is 13.8. The first-order valence-electron chi connectivity index (χ1n) is 9.55. The normalized spacial score (nSPS) is 19.2.